The first-order chi connectivity index (χ1) is 13.8. The zero-order valence-corrected chi connectivity index (χ0v) is 17.1. The fraction of sp³-hybridized carbons (Fsp3) is 0.524. The summed E-state index contributed by atoms with van der Waals surface area (Å²) in [5.41, 5.74) is 2.25. The zero-order valence-electron chi connectivity index (χ0n) is 16.3. The first kappa shape index (κ1) is 19.4. The fourth-order valence-corrected chi connectivity index (χ4v) is 4.55. The highest BCUT2D eigenvalue weighted by atomic mass is 32.1. The minimum Gasteiger partial charge on any atom is -0.385 e. The lowest BCUT2D eigenvalue weighted by atomic mass is 10.0. The summed E-state index contributed by atoms with van der Waals surface area (Å²) in [6, 6.07) is 10.5. The van der Waals surface area contributed by atoms with Gasteiger partial charge in [0.1, 0.15) is 0 Å². The summed E-state index contributed by atoms with van der Waals surface area (Å²) in [5.74, 6) is 0. The van der Waals surface area contributed by atoms with E-state index < -0.39 is 0 Å². The maximum atomic E-state index is 5.88. The number of thiocarbonyl (C=S) groups is 1. The van der Waals surface area contributed by atoms with Crippen LogP contribution in [0.3, 0.4) is 0 Å². The van der Waals surface area contributed by atoms with E-state index >= 15 is 0 Å². The van der Waals surface area contributed by atoms with Crippen LogP contribution in [-0.4, -0.2) is 52.5 Å². The summed E-state index contributed by atoms with van der Waals surface area (Å²) in [5, 5.41) is 4.30. The standard InChI is InChI=1S/C21H28N4O2S/c1-26-13-6-12-25-20(19(23-21(25)28)17-8-2-3-10-22-17)18-9-4-11-24(18)15-16-7-5-14-27-16/h2-4,8-11,16,19-20H,5-7,12-15H2,1H3,(H,23,28)/t16-,19+,20+/m0/s1. The predicted octanol–water partition coefficient (Wildman–Crippen LogP) is 3.07. The average Bonchev–Trinajstić information content (AvgIpc) is 3.45. The first-order valence-electron chi connectivity index (χ1n) is 10.0. The van der Waals surface area contributed by atoms with E-state index in [1.165, 1.54) is 5.69 Å². The van der Waals surface area contributed by atoms with Gasteiger partial charge in [0.05, 0.1) is 23.9 Å². The van der Waals surface area contributed by atoms with Crippen LogP contribution in [0.25, 0.3) is 0 Å². The van der Waals surface area contributed by atoms with Gasteiger partial charge in [-0.3, -0.25) is 4.98 Å². The van der Waals surface area contributed by atoms with E-state index in [1.807, 2.05) is 18.3 Å². The van der Waals surface area contributed by atoms with Crippen LogP contribution in [0.1, 0.15) is 42.7 Å². The highest BCUT2D eigenvalue weighted by molar-refractivity contribution is 7.80. The summed E-state index contributed by atoms with van der Waals surface area (Å²) in [6.45, 7) is 3.32. The van der Waals surface area contributed by atoms with Gasteiger partial charge in [0.2, 0.25) is 0 Å². The quantitative estimate of drug-likeness (QED) is 0.543. The van der Waals surface area contributed by atoms with Crippen molar-refractivity contribution in [1.29, 1.82) is 0 Å². The number of nitrogens with zero attached hydrogens (tertiary/aromatic N) is 3. The van der Waals surface area contributed by atoms with Crippen molar-refractivity contribution >= 4 is 17.3 Å². The second-order valence-corrected chi connectivity index (χ2v) is 7.77. The van der Waals surface area contributed by atoms with Gasteiger partial charge in [-0.1, -0.05) is 6.07 Å². The smallest absolute Gasteiger partial charge is 0.170 e. The van der Waals surface area contributed by atoms with Gasteiger partial charge in [-0.05, 0) is 55.7 Å². The summed E-state index contributed by atoms with van der Waals surface area (Å²) < 4.78 is 13.5. The van der Waals surface area contributed by atoms with Crippen LogP contribution in [0, 0.1) is 0 Å². The Morgan fingerprint density at radius 3 is 3.00 bits per heavy atom. The predicted molar refractivity (Wildman–Crippen MR) is 112 cm³/mol. The number of methoxy groups -OCH3 is 1. The van der Waals surface area contributed by atoms with Gasteiger partial charge in [0.15, 0.2) is 5.11 Å². The molecule has 0 unspecified atom stereocenters. The summed E-state index contributed by atoms with van der Waals surface area (Å²) in [7, 11) is 1.74. The second-order valence-electron chi connectivity index (χ2n) is 7.39. The summed E-state index contributed by atoms with van der Waals surface area (Å²) >= 11 is 5.72. The van der Waals surface area contributed by atoms with Crippen molar-refractivity contribution in [3.05, 3.63) is 54.1 Å². The molecule has 1 N–H and O–H groups in total. The molecule has 4 heterocycles. The van der Waals surface area contributed by atoms with E-state index in [-0.39, 0.29) is 12.1 Å². The van der Waals surface area contributed by atoms with Crippen molar-refractivity contribution in [1.82, 2.24) is 19.8 Å². The number of pyridine rings is 1. The Balaban J connectivity index is 1.64. The zero-order chi connectivity index (χ0) is 19.3. The number of hydrogen-bond donors (Lipinski definition) is 1. The maximum absolute atomic E-state index is 5.88. The molecule has 0 spiro atoms. The highest BCUT2D eigenvalue weighted by Gasteiger charge is 2.41. The molecule has 2 saturated heterocycles. The van der Waals surface area contributed by atoms with Crippen molar-refractivity contribution in [2.75, 3.05) is 26.9 Å². The molecule has 7 heteroatoms. The van der Waals surface area contributed by atoms with Crippen LogP contribution < -0.4 is 5.32 Å². The molecule has 3 atom stereocenters. The van der Waals surface area contributed by atoms with Crippen LogP contribution in [-0.2, 0) is 16.0 Å². The maximum Gasteiger partial charge on any atom is 0.170 e. The lowest BCUT2D eigenvalue weighted by molar-refractivity contribution is 0.0952. The van der Waals surface area contributed by atoms with Crippen molar-refractivity contribution in [3.63, 3.8) is 0 Å². The Morgan fingerprint density at radius 1 is 1.32 bits per heavy atom. The van der Waals surface area contributed by atoms with Gasteiger partial charge >= 0.3 is 0 Å². The molecule has 28 heavy (non-hydrogen) atoms. The molecule has 0 aliphatic carbocycles. The van der Waals surface area contributed by atoms with Gasteiger partial charge in [-0.25, -0.2) is 0 Å². The molecule has 0 bridgehead atoms. The number of rotatable bonds is 8. The van der Waals surface area contributed by atoms with E-state index in [4.69, 9.17) is 21.7 Å². The second kappa shape index (κ2) is 9.03. The molecular formula is C21H28N4O2S. The van der Waals surface area contributed by atoms with Crippen molar-refractivity contribution in [2.24, 2.45) is 0 Å². The Morgan fingerprint density at radius 2 is 2.25 bits per heavy atom. The van der Waals surface area contributed by atoms with E-state index in [9.17, 15) is 0 Å². The highest BCUT2D eigenvalue weighted by Crippen LogP contribution is 2.39. The molecule has 6 nitrogen and oxygen atoms in total. The number of aromatic nitrogens is 2. The number of hydrogen-bond acceptors (Lipinski definition) is 4. The third-order valence-electron chi connectivity index (χ3n) is 5.54. The molecule has 0 amide bonds. The third kappa shape index (κ3) is 4.06. The Kier molecular flexibility index (Phi) is 6.24. The normalized spacial score (nSPS) is 24.7. The molecule has 0 saturated carbocycles. The Hall–Kier alpha value is -1.96. The molecule has 4 rings (SSSR count). The van der Waals surface area contributed by atoms with E-state index in [2.05, 4.69) is 44.2 Å². The van der Waals surface area contributed by atoms with Crippen LogP contribution in [0.4, 0.5) is 0 Å². The molecule has 0 radical (unpaired) electrons. The van der Waals surface area contributed by atoms with Gasteiger partial charge in [-0.2, -0.15) is 0 Å². The van der Waals surface area contributed by atoms with Gasteiger partial charge < -0.3 is 24.3 Å². The van der Waals surface area contributed by atoms with E-state index in [0.29, 0.717) is 6.10 Å². The van der Waals surface area contributed by atoms with Crippen LogP contribution in [0.2, 0.25) is 0 Å². The van der Waals surface area contributed by atoms with E-state index in [0.717, 1.165) is 56.4 Å². The van der Waals surface area contributed by atoms with Gasteiger partial charge in [-0.15, -0.1) is 0 Å². The molecule has 2 fully saturated rings. The van der Waals surface area contributed by atoms with Crippen LogP contribution >= 0.6 is 12.2 Å². The molecule has 2 aliphatic rings. The topological polar surface area (TPSA) is 51.5 Å². The van der Waals surface area contributed by atoms with Crippen molar-refractivity contribution in [2.45, 2.75) is 44.0 Å². The number of nitrogens with one attached hydrogen (secondary N) is 1. The first-order valence-corrected chi connectivity index (χ1v) is 10.4. The SMILES string of the molecule is COCCCN1C(=S)N[C@H](c2ccccn2)[C@H]1c1cccn1C[C@@H]1CCCO1. The molecule has 2 aliphatic heterocycles. The monoisotopic (exact) mass is 400 g/mol. The van der Waals surface area contributed by atoms with E-state index in [1.54, 1.807) is 7.11 Å². The third-order valence-corrected chi connectivity index (χ3v) is 5.89. The molecule has 0 aromatic carbocycles. The molecule has 150 valence electrons. The lowest BCUT2D eigenvalue weighted by Gasteiger charge is -2.29. The van der Waals surface area contributed by atoms with Gasteiger partial charge in [0.25, 0.3) is 0 Å². The minimum atomic E-state index is 0.0226. The van der Waals surface area contributed by atoms with Crippen LogP contribution in [0.15, 0.2) is 42.7 Å². The Bertz CT molecular complexity index is 776. The van der Waals surface area contributed by atoms with Gasteiger partial charge in [0, 0.05) is 51.5 Å². The lowest BCUT2D eigenvalue weighted by Crippen LogP contribution is -2.32. The summed E-state index contributed by atoms with van der Waals surface area (Å²) in [4.78, 5) is 6.90. The van der Waals surface area contributed by atoms with Crippen molar-refractivity contribution in [3.8, 4) is 0 Å². The van der Waals surface area contributed by atoms with Crippen molar-refractivity contribution < 1.29 is 9.47 Å². The average molecular weight is 401 g/mol. The largest absolute Gasteiger partial charge is 0.385 e. The van der Waals surface area contributed by atoms with Crippen LogP contribution in [0.5, 0.6) is 0 Å². The Labute approximate surface area is 171 Å². The molecule has 2 aromatic heterocycles. The number of ether oxygens (including phenoxy) is 2. The summed E-state index contributed by atoms with van der Waals surface area (Å²) in [6.07, 6.45) is 7.49. The minimum absolute atomic E-state index is 0.0226. The fourth-order valence-electron chi connectivity index (χ4n) is 4.22. The molecule has 2 aromatic rings. The molecular weight excluding hydrogens is 372 g/mol.